The molecule has 0 aliphatic rings. The number of carbonyl (C=O) groups is 1. The molecule has 0 saturated carbocycles. The lowest BCUT2D eigenvalue weighted by Crippen LogP contribution is -2.30. The zero-order valence-electron chi connectivity index (χ0n) is 16.4. The highest BCUT2D eigenvalue weighted by molar-refractivity contribution is 6.34. The lowest BCUT2D eigenvalue weighted by atomic mass is 10.1. The Morgan fingerprint density at radius 1 is 1.19 bits per heavy atom. The number of hydrogen-bond donors (Lipinski definition) is 2. The first-order valence-corrected chi connectivity index (χ1v) is 9.90. The highest BCUT2D eigenvalue weighted by Crippen LogP contribution is 2.26. The van der Waals surface area contributed by atoms with Gasteiger partial charge in [-0.15, -0.1) is 5.10 Å². The van der Waals surface area contributed by atoms with Gasteiger partial charge in [-0.2, -0.15) is 0 Å². The Balaban J connectivity index is 1.55. The van der Waals surface area contributed by atoms with E-state index < -0.39 is 11.7 Å². The molecule has 3 N–H and O–H groups in total. The number of carbonyl (C=O) groups excluding carboxylic acids is 1. The highest BCUT2D eigenvalue weighted by Gasteiger charge is 2.16. The molecule has 3 aromatic heterocycles. The fraction of sp³-hybridized carbons (Fsp3) is 0.0455. The monoisotopic (exact) mass is 449 g/mol. The van der Waals surface area contributed by atoms with E-state index in [0.717, 1.165) is 4.73 Å². The van der Waals surface area contributed by atoms with Crippen molar-refractivity contribution in [2.75, 3.05) is 0 Å². The third-order valence-corrected chi connectivity index (χ3v) is 5.47. The maximum absolute atomic E-state index is 14.7. The molecule has 0 fully saturated rings. The van der Waals surface area contributed by atoms with Crippen LogP contribution in [0.15, 0.2) is 60.8 Å². The molecule has 0 radical (unpaired) electrons. The maximum Gasteiger partial charge on any atom is 0.267 e. The van der Waals surface area contributed by atoms with E-state index in [1.807, 2.05) is 0 Å². The van der Waals surface area contributed by atoms with E-state index in [4.69, 9.17) is 17.3 Å². The minimum atomic E-state index is -0.614. The summed E-state index contributed by atoms with van der Waals surface area (Å²) >= 11 is 6.17. The number of hydrogen-bond acceptors (Lipinski definition) is 5. The molecule has 10 heteroatoms. The first-order chi connectivity index (χ1) is 15.4. The zero-order chi connectivity index (χ0) is 22.4. The SMILES string of the molecule is NC(=O)c1ccc(-c2ccc3nnn(Cc4cc5ccc[n+](O)c5cc4F)c3n2)cc1Cl. The Bertz CT molecular complexity index is 1530. The second kappa shape index (κ2) is 7.54. The Kier molecular flexibility index (Phi) is 4.67. The van der Waals surface area contributed by atoms with Gasteiger partial charge in [0.15, 0.2) is 5.65 Å². The van der Waals surface area contributed by atoms with E-state index in [9.17, 15) is 14.4 Å². The van der Waals surface area contributed by atoms with Crippen LogP contribution < -0.4 is 10.5 Å². The molecule has 5 aromatic rings. The molecule has 0 atom stereocenters. The first-order valence-electron chi connectivity index (χ1n) is 9.53. The third-order valence-electron chi connectivity index (χ3n) is 5.16. The summed E-state index contributed by atoms with van der Waals surface area (Å²) in [6.45, 7) is 0.0937. The van der Waals surface area contributed by atoms with Crippen molar-refractivity contribution in [3.63, 3.8) is 0 Å². The van der Waals surface area contributed by atoms with Crippen LogP contribution >= 0.6 is 11.6 Å². The number of fused-ring (bicyclic) bond motifs is 2. The summed E-state index contributed by atoms with van der Waals surface area (Å²) in [7, 11) is 0. The average Bonchev–Trinajstić information content (AvgIpc) is 3.17. The van der Waals surface area contributed by atoms with Crippen LogP contribution in [0.1, 0.15) is 15.9 Å². The van der Waals surface area contributed by atoms with Gasteiger partial charge in [-0.1, -0.05) is 22.9 Å². The molecule has 0 aliphatic carbocycles. The molecule has 2 aromatic carbocycles. The summed E-state index contributed by atoms with van der Waals surface area (Å²) < 4.78 is 17.1. The topological polar surface area (TPSA) is 111 Å². The van der Waals surface area contributed by atoms with Gasteiger partial charge >= 0.3 is 0 Å². The molecule has 0 unspecified atom stereocenters. The summed E-state index contributed by atoms with van der Waals surface area (Å²) in [5, 5.41) is 19.0. The Morgan fingerprint density at radius 3 is 2.81 bits per heavy atom. The molecular weight excluding hydrogens is 435 g/mol. The zero-order valence-corrected chi connectivity index (χ0v) is 17.2. The number of nitrogens with two attached hydrogens (primary N) is 1. The molecule has 3 heterocycles. The molecule has 158 valence electrons. The van der Waals surface area contributed by atoms with E-state index >= 15 is 0 Å². The number of halogens is 2. The van der Waals surface area contributed by atoms with Gasteiger partial charge in [-0.3, -0.25) is 10.0 Å². The van der Waals surface area contributed by atoms with Crippen LogP contribution in [-0.2, 0) is 6.54 Å². The van der Waals surface area contributed by atoms with Crippen molar-refractivity contribution in [2.24, 2.45) is 5.73 Å². The van der Waals surface area contributed by atoms with Gasteiger partial charge in [0.1, 0.15) is 11.3 Å². The second-order valence-corrected chi connectivity index (χ2v) is 7.61. The van der Waals surface area contributed by atoms with E-state index in [-0.39, 0.29) is 17.1 Å². The van der Waals surface area contributed by atoms with E-state index in [1.165, 1.54) is 16.9 Å². The van der Waals surface area contributed by atoms with E-state index in [0.29, 0.717) is 38.9 Å². The van der Waals surface area contributed by atoms with Crippen molar-refractivity contribution in [3.05, 3.63) is 82.8 Å². The fourth-order valence-electron chi connectivity index (χ4n) is 3.54. The van der Waals surface area contributed by atoms with E-state index in [2.05, 4.69) is 15.3 Å². The van der Waals surface area contributed by atoms with Crippen LogP contribution in [0.2, 0.25) is 5.02 Å². The van der Waals surface area contributed by atoms with Crippen molar-refractivity contribution in [1.82, 2.24) is 20.0 Å². The molecule has 0 spiro atoms. The normalized spacial score (nSPS) is 11.3. The van der Waals surface area contributed by atoms with Gasteiger partial charge in [0.05, 0.1) is 34.3 Å². The Labute approximate surface area is 185 Å². The lowest BCUT2D eigenvalue weighted by Gasteiger charge is -2.07. The van der Waals surface area contributed by atoms with Gasteiger partial charge in [-0.25, -0.2) is 14.1 Å². The number of amides is 1. The predicted molar refractivity (Wildman–Crippen MR) is 115 cm³/mol. The van der Waals surface area contributed by atoms with E-state index in [1.54, 1.807) is 48.5 Å². The summed E-state index contributed by atoms with van der Waals surface area (Å²) in [4.78, 5) is 16.0. The van der Waals surface area contributed by atoms with Gasteiger partial charge in [0.25, 0.3) is 5.52 Å². The fourth-order valence-corrected chi connectivity index (χ4v) is 3.82. The molecular formula is C22H15ClFN6O2+. The largest absolute Gasteiger partial charge is 0.366 e. The molecule has 1 amide bonds. The molecule has 0 aliphatic heterocycles. The smallest absolute Gasteiger partial charge is 0.267 e. The highest BCUT2D eigenvalue weighted by atomic mass is 35.5. The molecule has 32 heavy (non-hydrogen) atoms. The third kappa shape index (κ3) is 3.38. The van der Waals surface area contributed by atoms with Crippen LogP contribution in [0, 0.1) is 5.82 Å². The van der Waals surface area contributed by atoms with Crippen LogP contribution in [0.5, 0.6) is 0 Å². The van der Waals surface area contributed by atoms with Gasteiger partial charge in [-0.05, 0) is 36.4 Å². The predicted octanol–water partition coefficient (Wildman–Crippen LogP) is 3.11. The van der Waals surface area contributed by atoms with Crippen molar-refractivity contribution in [3.8, 4) is 11.3 Å². The number of rotatable bonds is 4. The summed E-state index contributed by atoms with van der Waals surface area (Å²) in [5.74, 6) is -1.10. The van der Waals surface area contributed by atoms with Gasteiger partial charge in [0.2, 0.25) is 12.1 Å². The number of primary amides is 1. The molecule has 0 saturated heterocycles. The van der Waals surface area contributed by atoms with Crippen LogP contribution in [0.25, 0.3) is 33.3 Å². The minimum Gasteiger partial charge on any atom is -0.366 e. The van der Waals surface area contributed by atoms with Crippen molar-refractivity contribution >= 4 is 39.6 Å². The van der Waals surface area contributed by atoms with Crippen LogP contribution in [0.4, 0.5) is 4.39 Å². The van der Waals surface area contributed by atoms with Crippen molar-refractivity contribution in [2.45, 2.75) is 6.54 Å². The number of aromatic nitrogens is 5. The Hall–Kier alpha value is -4.11. The standard InChI is InChI=1S/C22H14ClFN6O2/c23-16-9-12(3-4-15(16)21(25)31)18-5-6-19-22(26-18)29(28-27-19)11-14-8-13-2-1-7-30(32)20(13)10-17(14)24/h1-10H,11H2,(H2-,25,31,32)/p+1. The van der Waals surface area contributed by atoms with Crippen LogP contribution in [0.3, 0.4) is 0 Å². The second-order valence-electron chi connectivity index (χ2n) is 7.20. The van der Waals surface area contributed by atoms with Crippen LogP contribution in [-0.4, -0.2) is 31.1 Å². The quantitative estimate of drug-likeness (QED) is 0.323. The Morgan fingerprint density at radius 2 is 2.03 bits per heavy atom. The minimum absolute atomic E-state index is 0.0937. The molecule has 5 rings (SSSR count). The number of pyridine rings is 2. The molecule has 0 bridgehead atoms. The van der Waals surface area contributed by atoms with Gasteiger partial charge in [0, 0.05) is 21.9 Å². The van der Waals surface area contributed by atoms with Crippen molar-refractivity contribution in [1.29, 1.82) is 0 Å². The summed E-state index contributed by atoms with van der Waals surface area (Å²) in [5.41, 5.74) is 8.52. The summed E-state index contributed by atoms with van der Waals surface area (Å²) in [6.07, 6.45) is 1.43. The summed E-state index contributed by atoms with van der Waals surface area (Å²) in [6, 6.07) is 14.7. The number of benzene rings is 2. The lowest BCUT2D eigenvalue weighted by molar-refractivity contribution is -0.884. The first kappa shape index (κ1) is 19.8. The van der Waals surface area contributed by atoms with Gasteiger partial charge < -0.3 is 5.73 Å². The number of nitrogens with zero attached hydrogens (tertiary/aromatic N) is 5. The molecule has 8 nitrogen and oxygen atoms in total. The average molecular weight is 450 g/mol. The van der Waals surface area contributed by atoms with Crippen molar-refractivity contribution < 1.29 is 19.1 Å². The maximum atomic E-state index is 14.7.